The Kier molecular flexibility index (Phi) is 3.87. The van der Waals surface area contributed by atoms with Gasteiger partial charge < -0.3 is 4.57 Å². The Bertz CT molecular complexity index is 955. The number of hydrogen-bond donors (Lipinski definition) is 0. The van der Waals surface area contributed by atoms with Gasteiger partial charge >= 0.3 is 0 Å². The molecule has 0 bridgehead atoms. The lowest BCUT2D eigenvalue weighted by molar-refractivity contribution is 0.629. The Hall–Kier alpha value is -2.87. The Morgan fingerprint density at radius 2 is 1.42 bits per heavy atom. The first-order valence-corrected chi connectivity index (χ1v) is 8.15. The van der Waals surface area contributed by atoms with Crippen molar-refractivity contribution in [1.82, 2.24) is 4.57 Å². The summed E-state index contributed by atoms with van der Waals surface area (Å²) in [5.74, 6) is -0.186. The molecule has 0 fully saturated rings. The lowest BCUT2D eigenvalue weighted by Crippen LogP contribution is -1.97. The quantitative estimate of drug-likeness (QED) is 0.474. The van der Waals surface area contributed by atoms with Crippen LogP contribution >= 0.6 is 0 Å². The van der Waals surface area contributed by atoms with Crippen molar-refractivity contribution in [1.29, 1.82) is 0 Å². The van der Waals surface area contributed by atoms with Crippen LogP contribution < -0.4 is 0 Å². The van der Waals surface area contributed by atoms with Crippen LogP contribution in [-0.2, 0) is 13.0 Å². The molecule has 1 nitrogen and oxygen atoms in total. The molecule has 118 valence electrons. The average Bonchev–Trinajstić information content (AvgIpc) is 2.93. The molecule has 1 heterocycles. The highest BCUT2D eigenvalue weighted by Crippen LogP contribution is 2.25. The van der Waals surface area contributed by atoms with E-state index in [-0.39, 0.29) is 5.82 Å². The van der Waals surface area contributed by atoms with Gasteiger partial charge in [0.05, 0.1) is 0 Å². The van der Waals surface area contributed by atoms with E-state index in [1.807, 2.05) is 42.5 Å². The summed E-state index contributed by atoms with van der Waals surface area (Å²) >= 11 is 0. The van der Waals surface area contributed by atoms with Crippen LogP contribution in [0.5, 0.6) is 0 Å². The van der Waals surface area contributed by atoms with Gasteiger partial charge in [0, 0.05) is 23.6 Å². The summed E-state index contributed by atoms with van der Waals surface area (Å²) in [6.45, 7) is 0.789. The Balaban J connectivity index is 1.77. The topological polar surface area (TPSA) is 4.93 Å². The van der Waals surface area contributed by atoms with Crippen molar-refractivity contribution in [3.05, 3.63) is 108 Å². The molecule has 0 amide bonds. The highest BCUT2D eigenvalue weighted by Gasteiger charge is 2.10. The molecule has 0 radical (unpaired) electrons. The summed E-state index contributed by atoms with van der Waals surface area (Å²) in [4.78, 5) is 0. The minimum atomic E-state index is -0.186. The normalized spacial score (nSPS) is 11.0. The van der Waals surface area contributed by atoms with Crippen molar-refractivity contribution in [2.24, 2.45) is 0 Å². The van der Waals surface area contributed by atoms with E-state index in [1.165, 1.54) is 17.2 Å². The minimum absolute atomic E-state index is 0.186. The Labute approximate surface area is 141 Å². The number of fused-ring (bicyclic) bond motifs is 1. The molecule has 0 N–H and O–H groups in total. The number of hydrogen-bond acceptors (Lipinski definition) is 0. The van der Waals surface area contributed by atoms with E-state index in [1.54, 1.807) is 6.07 Å². The van der Waals surface area contributed by atoms with Gasteiger partial charge in [-0.25, -0.2) is 4.39 Å². The molecule has 4 rings (SSSR count). The summed E-state index contributed by atoms with van der Waals surface area (Å²) < 4.78 is 16.0. The zero-order valence-electron chi connectivity index (χ0n) is 13.3. The zero-order valence-corrected chi connectivity index (χ0v) is 13.3. The molecule has 0 aliphatic heterocycles. The fraction of sp³-hybridized carbons (Fsp3) is 0.0909. The van der Waals surface area contributed by atoms with Gasteiger partial charge in [-0.3, -0.25) is 0 Å². The van der Waals surface area contributed by atoms with Crippen molar-refractivity contribution in [2.45, 2.75) is 13.0 Å². The third kappa shape index (κ3) is 2.95. The molecule has 0 atom stereocenters. The second-order valence-corrected chi connectivity index (χ2v) is 6.09. The zero-order chi connectivity index (χ0) is 16.4. The van der Waals surface area contributed by atoms with Crippen LogP contribution in [0.2, 0.25) is 0 Å². The molecule has 0 aliphatic rings. The third-order valence-corrected chi connectivity index (χ3v) is 4.36. The number of aromatic nitrogens is 1. The molecule has 0 unspecified atom stereocenters. The van der Waals surface area contributed by atoms with Crippen molar-refractivity contribution >= 4 is 10.9 Å². The van der Waals surface area contributed by atoms with E-state index in [4.69, 9.17) is 0 Å². The van der Waals surface area contributed by atoms with Gasteiger partial charge in [-0.05, 0) is 41.3 Å². The van der Waals surface area contributed by atoms with Gasteiger partial charge in [-0.1, -0.05) is 60.7 Å². The smallest absolute Gasteiger partial charge is 0.123 e. The van der Waals surface area contributed by atoms with Gasteiger partial charge in [-0.2, -0.15) is 0 Å². The van der Waals surface area contributed by atoms with Crippen LogP contribution in [0.1, 0.15) is 16.7 Å². The molecule has 1 aromatic heterocycles. The Morgan fingerprint density at radius 1 is 0.750 bits per heavy atom. The van der Waals surface area contributed by atoms with E-state index in [0.717, 1.165) is 29.4 Å². The summed E-state index contributed by atoms with van der Waals surface area (Å²) in [5, 5.41) is 0.995. The number of rotatable bonds is 4. The first kappa shape index (κ1) is 14.7. The van der Waals surface area contributed by atoms with Crippen molar-refractivity contribution in [3.8, 4) is 0 Å². The monoisotopic (exact) mass is 315 g/mol. The summed E-state index contributed by atoms with van der Waals surface area (Å²) in [7, 11) is 0. The highest BCUT2D eigenvalue weighted by atomic mass is 19.1. The van der Waals surface area contributed by atoms with Gasteiger partial charge in [-0.15, -0.1) is 0 Å². The molecule has 4 aromatic rings. The summed E-state index contributed by atoms with van der Waals surface area (Å²) in [6.07, 6.45) is 2.96. The van der Waals surface area contributed by atoms with Crippen molar-refractivity contribution in [2.75, 3.05) is 0 Å². The maximum atomic E-state index is 13.8. The van der Waals surface area contributed by atoms with Crippen molar-refractivity contribution in [3.63, 3.8) is 0 Å². The Morgan fingerprint density at radius 3 is 2.12 bits per heavy atom. The van der Waals surface area contributed by atoms with Crippen LogP contribution in [0.3, 0.4) is 0 Å². The average molecular weight is 315 g/mol. The van der Waals surface area contributed by atoms with Crippen LogP contribution in [0, 0.1) is 5.82 Å². The predicted molar refractivity (Wildman–Crippen MR) is 96.7 cm³/mol. The van der Waals surface area contributed by atoms with E-state index in [9.17, 15) is 4.39 Å². The fourth-order valence-electron chi connectivity index (χ4n) is 3.21. The minimum Gasteiger partial charge on any atom is -0.343 e. The molecule has 0 aliphatic carbocycles. The second kappa shape index (κ2) is 6.32. The molecular weight excluding hydrogens is 297 g/mol. The first-order valence-electron chi connectivity index (χ1n) is 8.15. The molecule has 0 saturated heterocycles. The molecule has 24 heavy (non-hydrogen) atoms. The van der Waals surface area contributed by atoms with E-state index < -0.39 is 0 Å². The van der Waals surface area contributed by atoms with Crippen LogP contribution in [0.25, 0.3) is 10.9 Å². The van der Waals surface area contributed by atoms with Gasteiger partial charge in [0.1, 0.15) is 5.82 Å². The number of nitrogens with zero attached hydrogens (tertiary/aromatic N) is 1. The van der Waals surface area contributed by atoms with Gasteiger partial charge in [0.2, 0.25) is 0 Å². The van der Waals surface area contributed by atoms with E-state index in [0.29, 0.717) is 0 Å². The standard InChI is InChI=1S/C22H18FN/c23-20-11-12-22-21(14-20)19(13-17-7-3-1-4-8-17)16-24(22)15-18-9-5-2-6-10-18/h1-12,14,16H,13,15H2. The van der Waals surface area contributed by atoms with Crippen molar-refractivity contribution < 1.29 is 4.39 Å². The van der Waals surface area contributed by atoms with Crippen LogP contribution in [-0.4, -0.2) is 4.57 Å². The van der Waals surface area contributed by atoms with Crippen LogP contribution in [0.15, 0.2) is 85.1 Å². The summed E-state index contributed by atoms with van der Waals surface area (Å²) in [6, 6.07) is 25.7. The predicted octanol–water partition coefficient (Wildman–Crippen LogP) is 5.42. The third-order valence-electron chi connectivity index (χ3n) is 4.36. The number of halogens is 1. The van der Waals surface area contributed by atoms with E-state index >= 15 is 0 Å². The molecule has 0 spiro atoms. The lowest BCUT2D eigenvalue weighted by Gasteiger charge is -2.05. The number of benzene rings is 3. The SMILES string of the molecule is Fc1ccc2c(c1)c(Cc1ccccc1)cn2Cc1ccccc1. The molecule has 0 saturated carbocycles. The van der Waals surface area contributed by atoms with Gasteiger partial charge in [0.15, 0.2) is 0 Å². The van der Waals surface area contributed by atoms with E-state index in [2.05, 4.69) is 35.0 Å². The van der Waals surface area contributed by atoms with Crippen LogP contribution in [0.4, 0.5) is 4.39 Å². The highest BCUT2D eigenvalue weighted by molar-refractivity contribution is 5.84. The lowest BCUT2D eigenvalue weighted by atomic mass is 10.0. The molecular formula is C22H18FN. The van der Waals surface area contributed by atoms with Gasteiger partial charge in [0.25, 0.3) is 0 Å². The first-order chi connectivity index (χ1) is 11.8. The molecule has 3 aromatic carbocycles. The molecule has 2 heteroatoms. The largest absolute Gasteiger partial charge is 0.343 e. The maximum absolute atomic E-state index is 13.8. The fourth-order valence-corrected chi connectivity index (χ4v) is 3.21. The maximum Gasteiger partial charge on any atom is 0.123 e. The second-order valence-electron chi connectivity index (χ2n) is 6.09. The summed E-state index contributed by atoms with van der Waals surface area (Å²) in [5.41, 5.74) is 4.71.